The summed E-state index contributed by atoms with van der Waals surface area (Å²) in [4.78, 5) is 0. The summed E-state index contributed by atoms with van der Waals surface area (Å²) in [5.74, 6) is 0. The van der Waals surface area contributed by atoms with E-state index in [4.69, 9.17) is 5.11 Å². The van der Waals surface area contributed by atoms with Crippen LogP contribution in [0.15, 0.2) is 12.2 Å². The number of hydrogen-bond acceptors (Lipinski definition) is 1. The van der Waals surface area contributed by atoms with Gasteiger partial charge in [0, 0.05) is 0 Å². The van der Waals surface area contributed by atoms with Crippen LogP contribution in [0.25, 0.3) is 0 Å². The van der Waals surface area contributed by atoms with Gasteiger partial charge < -0.3 is 5.11 Å². The van der Waals surface area contributed by atoms with Crippen LogP contribution >= 0.6 is 0 Å². The Kier molecular flexibility index (Phi) is 4.67. The Labute approximate surface area is 51.0 Å². The van der Waals surface area contributed by atoms with E-state index in [9.17, 15) is 0 Å². The Bertz CT molecular complexity index is 66.8. The second-order valence-electron chi connectivity index (χ2n) is 1.81. The molecule has 0 saturated carbocycles. The third-order valence-corrected chi connectivity index (χ3v) is 1.01. The molecule has 0 radical (unpaired) electrons. The third kappa shape index (κ3) is 3.88. The fourth-order valence-electron chi connectivity index (χ4n) is 0.429. The van der Waals surface area contributed by atoms with Crippen molar-refractivity contribution < 1.29 is 5.11 Å². The molecule has 1 atom stereocenters. The molecule has 0 aromatic heterocycles. The molecule has 0 aliphatic carbocycles. The van der Waals surface area contributed by atoms with Crippen molar-refractivity contribution in [2.45, 2.75) is 32.8 Å². The highest BCUT2D eigenvalue weighted by molar-refractivity contribution is 4.86. The van der Waals surface area contributed by atoms with Gasteiger partial charge in [-0.25, -0.2) is 0 Å². The second-order valence-corrected chi connectivity index (χ2v) is 1.81. The van der Waals surface area contributed by atoms with Crippen LogP contribution in [0, 0.1) is 0 Å². The lowest BCUT2D eigenvalue weighted by atomic mass is 10.2. The van der Waals surface area contributed by atoms with Crippen LogP contribution in [0.2, 0.25) is 0 Å². The molecule has 0 rings (SSSR count). The van der Waals surface area contributed by atoms with E-state index < -0.39 is 0 Å². The minimum absolute atomic E-state index is 0.227. The van der Waals surface area contributed by atoms with E-state index in [0.717, 1.165) is 12.8 Å². The Morgan fingerprint density at radius 2 is 2.12 bits per heavy atom. The Balaban J connectivity index is 3.21. The Morgan fingerprint density at radius 3 is 2.50 bits per heavy atom. The average Bonchev–Trinajstić information content (AvgIpc) is 1.83. The van der Waals surface area contributed by atoms with E-state index in [-0.39, 0.29) is 6.10 Å². The first kappa shape index (κ1) is 7.70. The van der Waals surface area contributed by atoms with E-state index in [0.29, 0.717) is 0 Å². The molecule has 0 aromatic carbocycles. The fourth-order valence-corrected chi connectivity index (χ4v) is 0.429. The van der Waals surface area contributed by atoms with Gasteiger partial charge >= 0.3 is 0 Å². The minimum atomic E-state index is -0.227. The van der Waals surface area contributed by atoms with Crippen molar-refractivity contribution >= 4 is 0 Å². The normalized spacial score (nSPS) is 14.9. The van der Waals surface area contributed by atoms with Crippen LogP contribution in [-0.2, 0) is 0 Å². The summed E-state index contributed by atoms with van der Waals surface area (Å²) in [5, 5.41) is 8.90. The van der Waals surface area contributed by atoms with E-state index in [2.05, 4.69) is 6.92 Å². The lowest BCUT2D eigenvalue weighted by molar-refractivity contribution is 0.219. The zero-order chi connectivity index (χ0) is 6.41. The average molecular weight is 114 g/mol. The van der Waals surface area contributed by atoms with Gasteiger partial charge in [0.25, 0.3) is 0 Å². The maximum absolute atomic E-state index is 8.90. The third-order valence-electron chi connectivity index (χ3n) is 1.01. The van der Waals surface area contributed by atoms with E-state index >= 15 is 0 Å². The lowest BCUT2D eigenvalue weighted by Gasteiger charge is -1.96. The van der Waals surface area contributed by atoms with Crippen molar-refractivity contribution in [1.29, 1.82) is 0 Å². The molecule has 0 amide bonds. The predicted molar refractivity (Wildman–Crippen MR) is 35.7 cm³/mol. The molecular weight excluding hydrogens is 100 g/mol. The van der Waals surface area contributed by atoms with Crippen LogP contribution < -0.4 is 0 Å². The molecule has 0 heterocycles. The lowest BCUT2D eigenvalue weighted by Crippen LogP contribution is -1.97. The molecule has 0 saturated heterocycles. The molecule has 48 valence electrons. The summed E-state index contributed by atoms with van der Waals surface area (Å²) in [6, 6.07) is 0. The molecular formula is C7H14O. The zero-order valence-electron chi connectivity index (χ0n) is 5.59. The van der Waals surface area contributed by atoms with Crippen molar-refractivity contribution in [3.8, 4) is 0 Å². The van der Waals surface area contributed by atoms with Gasteiger partial charge in [-0.1, -0.05) is 26.0 Å². The number of rotatable bonds is 3. The largest absolute Gasteiger partial charge is 0.389 e. The van der Waals surface area contributed by atoms with Gasteiger partial charge in [0.15, 0.2) is 0 Å². The van der Waals surface area contributed by atoms with Crippen LogP contribution in [-0.4, -0.2) is 11.2 Å². The molecule has 0 aliphatic rings. The van der Waals surface area contributed by atoms with Gasteiger partial charge in [0.05, 0.1) is 6.10 Å². The van der Waals surface area contributed by atoms with Crippen molar-refractivity contribution in [2.75, 3.05) is 0 Å². The van der Waals surface area contributed by atoms with Gasteiger partial charge in [0.2, 0.25) is 0 Å². The molecule has 0 aliphatic heterocycles. The Hall–Kier alpha value is -0.300. The van der Waals surface area contributed by atoms with E-state index in [1.54, 1.807) is 0 Å². The maximum atomic E-state index is 8.90. The molecule has 1 N–H and O–H groups in total. The Morgan fingerprint density at radius 1 is 1.50 bits per heavy atom. The van der Waals surface area contributed by atoms with Crippen LogP contribution in [0.5, 0.6) is 0 Å². The highest BCUT2D eigenvalue weighted by atomic mass is 16.3. The van der Waals surface area contributed by atoms with Gasteiger partial charge in [0.1, 0.15) is 0 Å². The molecule has 0 fully saturated rings. The maximum Gasteiger partial charge on any atom is 0.0718 e. The van der Waals surface area contributed by atoms with Crippen molar-refractivity contribution in [2.24, 2.45) is 0 Å². The monoisotopic (exact) mass is 114 g/mol. The minimum Gasteiger partial charge on any atom is -0.389 e. The molecule has 0 spiro atoms. The first-order chi connectivity index (χ1) is 3.81. The van der Waals surface area contributed by atoms with Gasteiger partial charge in [-0.15, -0.1) is 0 Å². The summed E-state index contributed by atoms with van der Waals surface area (Å²) in [6.45, 7) is 4.02. The number of hydrogen-bond donors (Lipinski definition) is 1. The topological polar surface area (TPSA) is 20.2 Å². The zero-order valence-corrected chi connectivity index (χ0v) is 5.59. The smallest absolute Gasteiger partial charge is 0.0718 e. The van der Waals surface area contributed by atoms with Gasteiger partial charge in [-0.05, 0) is 12.8 Å². The van der Waals surface area contributed by atoms with Gasteiger partial charge in [-0.3, -0.25) is 0 Å². The van der Waals surface area contributed by atoms with E-state index in [1.807, 2.05) is 19.1 Å². The van der Waals surface area contributed by atoms with Crippen molar-refractivity contribution in [1.82, 2.24) is 0 Å². The quantitative estimate of drug-likeness (QED) is 0.554. The molecule has 0 aromatic rings. The number of aliphatic hydroxyl groups is 1. The highest BCUT2D eigenvalue weighted by Gasteiger charge is 1.88. The summed E-state index contributed by atoms with van der Waals surface area (Å²) in [5.41, 5.74) is 0. The van der Waals surface area contributed by atoms with E-state index in [1.165, 1.54) is 0 Å². The van der Waals surface area contributed by atoms with Crippen LogP contribution in [0.4, 0.5) is 0 Å². The predicted octanol–water partition coefficient (Wildman–Crippen LogP) is 1.72. The van der Waals surface area contributed by atoms with Crippen molar-refractivity contribution in [3.63, 3.8) is 0 Å². The van der Waals surface area contributed by atoms with Crippen LogP contribution in [0.3, 0.4) is 0 Å². The second kappa shape index (κ2) is 4.85. The molecule has 0 unspecified atom stereocenters. The molecule has 0 bridgehead atoms. The van der Waals surface area contributed by atoms with Crippen LogP contribution in [0.1, 0.15) is 26.7 Å². The number of allylic oxidation sites excluding steroid dienone is 1. The molecule has 1 nitrogen and oxygen atoms in total. The number of aliphatic hydroxyl groups excluding tert-OH is 1. The molecule has 8 heavy (non-hydrogen) atoms. The fraction of sp³-hybridized carbons (Fsp3) is 0.714. The summed E-state index contributed by atoms with van der Waals surface area (Å²) in [6.07, 6.45) is 5.41. The van der Waals surface area contributed by atoms with Crippen molar-refractivity contribution in [3.05, 3.63) is 12.2 Å². The molecule has 1 heteroatoms. The summed E-state index contributed by atoms with van der Waals surface area (Å²) < 4.78 is 0. The summed E-state index contributed by atoms with van der Waals surface area (Å²) in [7, 11) is 0. The first-order valence-corrected chi connectivity index (χ1v) is 3.16. The SMILES string of the molecule is CC/C=C/[C@H](O)CC. The van der Waals surface area contributed by atoms with Gasteiger partial charge in [-0.2, -0.15) is 0 Å². The standard InChI is InChI=1S/C7H14O/c1-3-5-6-7(8)4-2/h5-8H,3-4H2,1-2H3/b6-5+/t7-/m1/s1. The summed E-state index contributed by atoms with van der Waals surface area (Å²) >= 11 is 0. The highest BCUT2D eigenvalue weighted by Crippen LogP contribution is 1.91. The first-order valence-electron chi connectivity index (χ1n) is 3.16.